The summed E-state index contributed by atoms with van der Waals surface area (Å²) in [7, 11) is 3.88. The zero-order valence-electron chi connectivity index (χ0n) is 12.8. The third-order valence-electron chi connectivity index (χ3n) is 6.00. The molecule has 1 aliphatic heterocycles. The van der Waals surface area contributed by atoms with Gasteiger partial charge in [0.05, 0.1) is 7.11 Å². The first-order chi connectivity index (χ1) is 10.2. The Morgan fingerprint density at radius 3 is 3.00 bits per heavy atom. The minimum atomic E-state index is 0.109. The molecule has 1 heterocycles. The molecule has 0 spiro atoms. The normalized spacial score (nSPS) is 34.2. The summed E-state index contributed by atoms with van der Waals surface area (Å²) in [6.07, 6.45) is 9.15. The second kappa shape index (κ2) is 4.51. The van der Waals surface area contributed by atoms with Crippen molar-refractivity contribution in [1.29, 1.82) is 0 Å². The average molecular weight is 285 g/mol. The van der Waals surface area contributed by atoms with Gasteiger partial charge in [0, 0.05) is 22.9 Å². The number of aromatic hydroxyl groups is 1. The summed E-state index contributed by atoms with van der Waals surface area (Å²) in [6.45, 7) is 1.12. The molecule has 3 nitrogen and oxygen atoms in total. The van der Waals surface area contributed by atoms with Gasteiger partial charge in [-0.3, -0.25) is 0 Å². The molecule has 4 rings (SSSR count). The van der Waals surface area contributed by atoms with Crippen LogP contribution in [0.4, 0.5) is 0 Å². The van der Waals surface area contributed by atoms with E-state index in [4.69, 9.17) is 4.74 Å². The van der Waals surface area contributed by atoms with Crippen molar-refractivity contribution in [1.82, 2.24) is 4.90 Å². The largest absolute Gasteiger partial charge is 0.504 e. The topological polar surface area (TPSA) is 32.7 Å². The lowest BCUT2D eigenvalue weighted by Gasteiger charge is -2.56. The van der Waals surface area contributed by atoms with Gasteiger partial charge in [-0.25, -0.2) is 0 Å². The molecule has 0 radical (unpaired) electrons. The monoisotopic (exact) mass is 285 g/mol. The molecule has 0 aromatic heterocycles. The Morgan fingerprint density at radius 1 is 1.33 bits per heavy atom. The Kier molecular flexibility index (Phi) is 2.83. The number of fused-ring (bicyclic) bond motifs is 1. The number of likely N-dealkylation sites (N-methyl/N-ethyl adjacent to an activating group) is 1. The van der Waals surface area contributed by atoms with Gasteiger partial charge in [-0.2, -0.15) is 0 Å². The zero-order chi connectivity index (χ0) is 14.6. The lowest BCUT2D eigenvalue weighted by molar-refractivity contribution is 0.0458. The number of likely N-dealkylation sites (tertiary alicyclic amines) is 1. The Labute approximate surface area is 126 Å². The molecule has 21 heavy (non-hydrogen) atoms. The van der Waals surface area contributed by atoms with E-state index in [2.05, 4.69) is 30.2 Å². The molecule has 3 unspecified atom stereocenters. The fourth-order valence-corrected chi connectivity index (χ4v) is 4.97. The van der Waals surface area contributed by atoms with Crippen LogP contribution in [0.1, 0.15) is 30.4 Å². The van der Waals surface area contributed by atoms with Crippen molar-refractivity contribution in [2.75, 3.05) is 20.7 Å². The Hall–Kier alpha value is -1.48. The number of rotatable bonds is 1. The fourth-order valence-electron chi connectivity index (χ4n) is 4.97. The van der Waals surface area contributed by atoms with Gasteiger partial charge in [-0.1, -0.05) is 18.2 Å². The highest BCUT2D eigenvalue weighted by atomic mass is 16.5. The molecule has 3 atom stereocenters. The number of allylic oxidation sites excluding steroid dienone is 1. The third-order valence-corrected chi connectivity index (χ3v) is 6.00. The quantitative estimate of drug-likeness (QED) is 0.805. The van der Waals surface area contributed by atoms with Crippen LogP contribution in [0.25, 0.3) is 0 Å². The van der Waals surface area contributed by atoms with E-state index in [9.17, 15) is 5.11 Å². The summed E-state index contributed by atoms with van der Waals surface area (Å²) in [5.41, 5.74) is 2.61. The minimum absolute atomic E-state index is 0.109. The molecule has 1 N–H and O–H groups in total. The van der Waals surface area contributed by atoms with Crippen LogP contribution in [0.15, 0.2) is 24.3 Å². The van der Waals surface area contributed by atoms with E-state index in [0.717, 1.165) is 32.2 Å². The lowest BCUT2D eigenvalue weighted by Crippen LogP contribution is -2.58. The van der Waals surface area contributed by atoms with Gasteiger partial charge < -0.3 is 14.7 Å². The van der Waals surface area contributed by atoms with E-state index in [1.807, 2.05) is 6.07 Å². The smallest absolute Gasteiger partial charge is 0.161 e. The maximum atomic E-state index is 10.8. The molecule has 2 bridgehead atoms. The molecule has 0 amide bonds. The summed E-state index contributed by atoms with van der Waals surface area (Å²) < 4.78 is 5.37. The highest BCUT2D eigenvalue weighted by Gasteiger charge is 2.53. The van der Waals surface area contributed by atoms with Gasteiger partial charge in [0.2, 0.25) is 0 Å². The van der Waals surface area contributed by atoms with Crippen molar-refractivity contribution < 1.29 is 9.84 Å². The number of phenols is 1. The van der Waals surface area contributed by atoms with Crippen molar-refractivity contribution in [2.24, 2.45) is 5.92 Å². The van der Waals surface area contributed by atoms with Crippen LogP contribution in [-0.4, -0.2) is 36.8 Å². The number of phenolic OH excluding ortho intramolecular Hbond substituents is 1. The van der Waals surface area contributed by atoms with Crippen LogP contribution in [0.2, 0.25) is 0 Å². The average Bonchev–Trinajstić information content (AvgIpc) is 2.51. The van der Waals surface area contributed by atoms with Gasteiger partial charge in [0.15, 0.2) is 11.5 Å². The molecule has 1 aromatic rings. The first kappa shape index (κ1) is 13.2. The summed E-state index contributed by atoms with van der Waals surface area (Å²) in [6, 6.07) is 4.64. The molecule has 3 heteroatoms. The van der Waals surface area contributed by atoms with Crippen molar-refractivity contribution >= 4 is 0 Å². The van der Waals surface area contributed by atoms with E-state index in [0.29, 0.717) is 23.5 Å². The molecule has 1 saturated heterocycles. The molecular weight excluding hydrogens is 262 g/mol. The predicted molar refractivity (Wildman–Crippen MR) is 82.9 cm³/mol. The highest BCUT2D eigenvalue weighted by molar-refractivity contribution is 5.57. The minimum Gasteiger partial charge on any atom is -0.504 e. The number of hydrogen-bond donors (Lipinski definition) is 1. The van der Waals surface area contributed by atoms with Crippen molar-refractivity contribution in [3.05, 3.63) is 35.4 Å². The van der Waals surface area contributed by atoms with Crippen LogP contribution < -0.4 is 4.74 Å². The lowest BCUT2D eigenvalue weighted by atomic mass is 9.54. The van der Waals surface area contributed by atoms with Crippen LogP contribution in [0.3, 0.4) is 0 Å². The zero-order valence-corrected chi connectivity index (χ0v) is 12.8. The van der Waals surface area contributed by atoms with E-state index in [1.165, 1.54) is 11.1 Å². The maximum Gasteiger partial charge on any atom is 0.161 e. The number of benzene rings is 1. The van der Waals surface area contributed by atoms with Gasteiger partial charge >= 0.3 is 0 Å². The first-order valence-electron chi connectivity index (χ1n) is 7.93. The summed E-state index contributed by atoms with van der Waals surface area (Å²) in [5.74, 6) is 1.53. The Balaban J connectivity index is 1.96. The summed E-state index contributed by atoms with van der Waals surface area (Å²) >= 11 is 0. The fraction of sp³-hybridized carbons (Fsp3) is 0.556. The standard InChI is InChI=1S/C18H23NO2/c1-19-10-9-18-8-4-3-5-13(18)14(19)11-12-6-7-15(21-2)17(20)16(12)18/h3,5-7,13-14,20H,4,8-11H2,1-2H3. The highest BCUT2D eigenvalue weighted by Crippen LogP contribution is 2.57. The molecule has 2 aliphatic carbocycles. The van der Waals surface area contributed by atoms with Crippen LogP contribution in [-0.2, 0) is 11.8 Å². The predicted octanol–water partition coefficient (Wildman–Crippen LogP) is 2.87. The number of nitrogens with zero attached hydrogens (tertiary/aromatic N) is 1. The molecule has 112 valence electrons. The van der Waals surface area contributed by atoms with Gasteiger partial charge in [0.1, 0.15) is 0 Å². The first-order valence-corrected chi connectivity index (χ1v) is 7.93. The van der Waals surface area contributed by atoms with Crippen molar-refractivity contribution in [3.8, 4) is 11.5 Å². The van der Waals surface area contributed by atoms with Crippen LogP contribution in [0.5, 0.6) is 11.5 Å². The number of hydrogen-bond acceptors (Lipinski definition) is 3. The van der Waals surface area contributed by atoms with E-state index < -0.39 is 0 Å². The molecule has 3 aliphatic rings. The van der Waals surface area contributed by atoms with E-state index in [1.54, 1.807) is 7.11 Å². The van der Waals surface area contributed by atoms with Crippen molar-refractivity contribution in [3.63, 3.8) is 0 Å². The Bertz CT molecular complexity index is 609. The molecular formula is C18H23NO2. The van der Waals surface area contributed by atoms with Crippen molar-refractivity contribution in [2.45, 2.75) is 37.1 Å². The van der Waals surface area contributed by atoms with Crippen LogP contribution in [0, 0.1) is 5.92 Å². The van der Waals surface area contributed by atoms with Gasteiger partial charge in [-0.05, 0) is 50.9 Å². The van der Waals surface area contributed by atoms with Gasteiger partial charge in [0.25, 0.3) is 0 Å². The molecule has 1 fully saturated rings. The second-order valence-electron chi connectivity index (χ2n) is 6.80. The second-order valence-corrected chi connectivity index (χ2v) is 6.80. The number of piperidine rings is 1. The maximum absolute atomic E-state index is 10.8. The number of ether oxygens (including phenoxy) is 1. The van der Waals surface area contributed by atoms with Gasteiger partial charge in [-0.15, -0.1) is 0 Å². The third kappa shape index (κ3) is 1.64. The van der Waals surface area contributed by atoms with E-state index in [-0.39, 0.29) is 5.41 Å². The molecule has 0 saturated carbocycles. The van der Waals surface area contributed by atoms with Crippen LogP contribution >= 0.6 is 0 Å². The Morgan fingerprint density at radius 2 is 2.19 bits per heavy atom. The van der Waals surface area contributed by atoms with E-state index >= 15 is 0 Å². The molecule has 1 aromatic carbocycles. The summed E-state index contributed by atoms with van der Waals surface area (Å²) in [5, 5.41) is 10.8. The summed E-state index contributed by atoms with van der Waals surface area (Å²) in [4.78, 5) is 2.50. The SMILES string of the molecule is COc1ccc2c(c1O)C13CCC=CC1C(C2)N(C)CC3. The number of methoxy groups -OCH3 is 1.